The SMILES string of the molecule is CCCCCCCCC=CCCCCCCCC(=O)C(O)C(CC)(CO)NC(=O)CCCCCCCCCCCCCCC. The van der Waals surface area contributed by atoms with Crippen LogP contribution >= 0.6 is 0 Å². The van der Waals surface area contributed by atoms with Gasteiger partial charge < -0.3 is 15.5 Å². The summed E-state index contributed by atoms with van der Waals surface area (Å²) in [5.41, 5.74) is -1.29. The summed E-state index contributed by atoms with van der Waals surface area (Å²) < 4.78 is 0. The van der Waals surface area contributed by atoms with E-state index in [0.717, 1.165) is 51.4 Å². The summed E-state index contributed by atoms with van der Waals surface area (Å²) in [4.78, 5) is 25.4. The summed E-state index contributed by atoms with van der Waals surface area (Å²) in [6, 6.07) is 0. The van der Waals surface area contributed by atoms with Crippen LogP contribution in [0.2, 0.25) is 0 Å². The normalized spacial score (nSPS) is 13.8. The number of allylic oxidation sites excluding steroid dienone is 2. The predicted octanol–water partition coefficient (Wildman–Crippen LogP) is 10.7. The van der Waals surface area contributed by atoms with Crippen molar-refractivity contribution < 1.29 is 19.8 Å². The second kappa shape index (κ2) is 31.8. The lowest BCUT2D eigenvalue weighted by atomic mass is 9.85. The standard InChI is InChI=1S/C39H75NO4/c1-4-7-9-11-13-15-17-19-20-22-23-25-27-29-31-33-36(42)38(44)39(6-3,35-41)40-37(43)34-32-30-28-26-24-21-18-16-14-12-10-8-5-2/h19-20,38,41,44H,4-18,21-35H2,1-3H3,(H,40,43). The number of Topliss-reactive ketones (excluding diaryl/α,β-unsaturated/α-hetero) is 1. The molecule has 2 unspecified atom stereocenters. The predicted molar refractivity (Wildman–Crippen MR) is 189 cm³/mol. The molecule has 2 atom stereocenters. The minimum absolute atomic E-state index is 0.183. The fourth-order valence-electron chi connectivity index (χ4n) is 6.05. The van der Waals surface area contributed by atoms with Crippen molar-refractivity contribution >= 4 is 11.7 Å². The zero-order valence-corrected chi connectivity index (χ0v) is 29.7. The number of nitrogens with one attached hydrogen (secondary N) is 1. The first-order chi connectivity index (χ1) is 21.5. The quantitative estimate of drug-likeness (QED) is 0.0493. The van der Waals surface area contributed by atoms with Crippen molar-refractivity contribution in [2.75, 3.05) is 6.61 Å². The fourth-order valence-corrected chi connectivity index (χ4v) is 6.05. The maximum Gasteiger partial charge on any atom is 0.220 e. The number of rotatable bonds is 34. The lowest BCUT2D eigenvalue weighted by molar-refractivity contribution is -0.137. The highest BCUT2D eigenvalue weighted by Gasteiger charge is 2.40. The lowest BCUT2D eigenvalue weighted by Crippen LogP contribution is -2.61. The van der Waals surface area contributed by atoms with Gasteiger partial charge in [-0.15, -0.1) is 0 Å². The molecule has 0 aromatic rings. The minimum atomic E-state index is -1.37. The topological polar surface area (TPSA) is 86.6 Å². The molecule has 1 amide bonds. The van der Waals surface area contributed by atoms with Gasteiger partial charge in [0.25, 0.3) is 0 Å². The lowest BCUT2D eigenvalue weighted by Gasteiger charge is -2.35. The summed E-state index contributed by atoms with van der Waals surface area (Å²) in [7, 11) is 0. The molecule has 0 radical (unpaired) electrons. The van der Waals surface area contributed by atoms with Crippen LogP contribution in [-0.4, -0.2) is 40.2 Å². The molecule has 0 fully saturated rings. The molecule has 0 bridgehead atoms. The largest absolute Gasteiger partial charge is 0.394 e. The first-order valence-electron chi connectivity index (χ1n) is 19.2. The van der Waals surface area contributed by atoms with Gasteiger partial charge in [-0.1, -0.05) is 161 Å². The van der Waals surface area contributed by atoms with Crippen molar-refractivity contribution in [3.05, 3.63) is 12.2 Å². The van der Waals surface area contributed by atoms with Crippen LogP contribution in [0.15, 0.2) is 12.2 Å². The Bertz CT molecular complexity index is 673. The van der Waals surface area contributed by atoms with Crippen LogP contribution in [0, 0.1) is 0 Å². The molecular formula is C39H75NO4. The maximum atomic E-state index is 12.8. The second-order valence-electron chi connectivity index (χ2n) is 13.4. The van der Waals surface area contributed by atoms with Gasteiger partial charge in [0.1, 0.15) is 6.10 Å². The summed E-state index contributed by atoms with van der Waals surface area (Å²) in [6.45, 7) is 5.88. The average Bonchev–Trinajstić information content (AvgIpc) is 3.03. The van der Waals surface area contributed by atoms with E-state index in [2.05, 4.69) is 31.3 Å². The van der Waals surface area contributed by atoms with E-state index in [4.69, 9.17) is 0 Å². The highest BCUT2D eigenvalue weighted by atomic mass is 16.3. The maximum absolute atomic E-state index is 12.8. The van der Waals surface area contributed by atoms with Gasteiger partial charge in [-0.2, -0.15) is 0 Å². The summed E-state index contributed by atoms with van der Waals surface area (Å²) in [5, 5.41) is 23.8. The molecule has 260 valence electrons. The zero-order valence-electron chi connectivity index (χ0n) is 29.7. The number of carbonyl (C=O) groups excluding carboxylic acids is 2. The van der Waals surface area contributed by atoms with E-state index in [1.165, 1.54) is 116 Å². The number of amides is 1. The van der Waals surface area contributed by atoms with Crippen LogP contribution in [0.4, 0.5) is 0 Å². The molecule has 0 aliphatic carbocycles. The van der Waals surface area contributed by atoms with E-state index < -0.39 is 18.2 Å². The number of hydrogen-bond donors (Lipinski definition) is 3. The van der Waals surface area contributed by atoms with Gasteiger partial charge in [-0.05, 0) is 44.9 Å². The number of hydrogen-bond acceptors (Lipinski definition) is 4. The Hall–Kier alpha value is -1.20. The highest BCUT2D eigenvalue weighted by Crippen LogP contribution is 2.20. The first kappa shape index (κ1) is 42.8. The van der Waals surface area contributed by atoms with Gasteiger partial charge in [-0.25, -0.2) is 0 Å². The van der Waals surface area contributed by atoms with E-state index in [1.807, 2.05) is 0 Å². The third kappa shape index (κ3) is 24.1. The minimum Gasteiger partial charge on any atom is -0.394 e. The molecule has 5 heteroatoms. The van der Waals surface area contributed by atoms with Crippen molar-refractivity contribution in [1.82, 2.24) is 5.32 Å². The van der Waals surface area contributed by atoms with Gasteiger partial charge in [-0.3, -0.25) is 9.59 Å². The van der Waals surface area contributed by atoms with Gasteiger partial charge in [0.2, 0.25) is 5.91 Å². The summed E-state index contributed by atoms with van der Waals surface area (Å²) in [5.74, 6) is -0.461. The Morgan fingerprint density at radius 1 is 0.568 bits per heavy atom. The third-order valence-corrected chi connectivity index (χ3v) is 9.32. The van der Waals surface area contributed by atoms with Crippen molar-refractivity contribution in [2.45, 2.75) is 219 Å². The molecule has 0 aliphatic heterocycles. The van der Waals surface area contributed by atoms with E-state index in [9.17, 15) is 19.8 Å². The van der Waals surface area contributed by atoms with Crippen molar-refractivity contribution in [1.29, 1.82) is 0 Å². The summed E-state index contributed by atoms with van der Waals surface area (Å²) in [6.07, 6.45) is 36.0. The van der Waals surface area contributed by atoms with Crippen LogP contribution in [0.3, 0.4) is 0 Å². The van der Waals surface area contributed by atoms with Crippen LogP contribution in [0.5, 0.6) is 0 Å². The molecular weight excluding hydrogens is 546 g/mol. The molecule has 0 heterocycles. The zero-order chi connectivity index (χ0) is 32.6. The molecule has 0 aromatic heterocycles. The Morgan fingerprint density at radius 3 is 1.32 bits per heavy atom. The Kier molecular flexibility index (Phi) is 30.9. The molecule has 3 N–H and O–H groups in total. The van der Waals surface area contributed by atoms with Crippen molar-refractivity contribution in [2.24, 2.45) is 0 Å². The van der Waals surface area contributed by atoms with Crippen LogP contribution in [0.1, 0.15) is 207 Å². The molecule has 44 heavy (non-hydrogen) atoms. The van der Waals surface area contributed by atoms with Gasteiger partial charge in [0.05, 0.1) is 12.1 Å². The van der Waals surface area contributed by atoms with Crippen LogP contribution in [-0.2, 0) is 9.59 Å². The Balaban J connectivity index is 3.98. The Labute approximate surface area is 273 Å². The number of aliphatic hydroxyl groups is 2. The van der Waals surface area contributed by atoms with Gasteiger partial charge in [0.15, 0.2) is 5.78 Å². The van der Waals surface area contributed by atoms with Crippen LogP contribution in [0.25, 0.3) is 0 Å². The Morgan fingerprint density at radius 2 is 0.932 bits per heavy atom. The molecule has 0 saturated carbocycles. The molecule has 0 saturated heterocycles. The van der Waals surface area contributed by atoms with E-state index in [1.54, 1.807) is 6.92 Å². The van der Waals surface area contributed by atoms with Crippen molar-refractivity contribution in [3.63, 3.8) is 0 Å². The molecule has 5 nitrogen and oxygen atoms in total. The number of unbranched alkanes of at least 4 members (excludes halogenated alkanes) is 23. The second-order valence-corrected chi connectivity index (χ2v) is 13.4. The van der Waals surface area contributed by atoms with Crippen LogP contribution < -0.4 is 5.32 Å². The highest BCUT2D eigenvalue weighted by molar-refractivity contribution is 5.86. The average molecular weight is 622 g/mol. The van der Waals surface area contributed by atoms with E-state index in [-0.39, 0.29) is 18.1 Å². The van der Waals surface area contributed by atoms with E-state index in [0.29, 0.717) is 12.8 Å². The third-order valence-electron chi connectivity index (χ3n) is 9.32. The molecule has 0 aromatic carbocycles. The monoisotopic (exact) mass is 622 g/mol. The molecule has 0 spiro atoms. The number of ketones is 1. The van der Waals surface area contributed by atoms with Gasteiger partial charge >= 0.3 is 0 Å². The molecule has 0 rings (SSSR count). The summed E-state index contributed by atoms with van der Waals surface area (Å²) >= 11 is 0. The smallest absolute Gasteiger partial charge is 0.220 e. The fraction of sp³-hybridized carbons (Fsp3) is 0.897. The number of aliphatic hydroxyl groups excluding tert-OH is 2. The number of carbonyl (C=O) groups is 2. The van der Waals surface area contributed by atoms with Crippen molar-refractivity contribution in [3.8, 4) is 0 Å². The van der Waals surface area contributed by atoms with E-state index >= 15 is 0 Å². The van der Waals surface area contributed by atoms with Gasteiger partial charge in [0, 0.05) is 12.8 Å². The molecule has 0 aliphatic rings. The first-order valence-corrected chi connectivity index (χ1v) is 19.2.